The molecule has 0 aromatic carbocycles. The van der Waals surface area contributed by atoms with E-state index >= 15 is 0 Å². The van der Waals surface area contributed by atoms with E-state index in [1.54, 1.807) is 0 Å². The molecule has 76 valence electrons. The molecule has 1 rings (SSSR count). The minimum absolute atomic E-state index is 0.00116. The van der Waals surface area contributed by atoms with Gasteiger partial charge in [0, 0.05) is 17.1 Å². The SMILES string of the molecule is O=Cc1c(CBr)cnc(Br)c1C(F)F. The van der Waals surface area contributed by atoms with Crippen LogP contribution in [0.25, 0.3) is 0 Å². The molecule has 0 N–H and O–H groups in total. The van der Waals surface area contributed by atoms with Crippen LogP contribution in [-0.4, -0.2) is 11.3 Å². The predicted molar refractivity (Wildman–Crippen MR) is 54.9 cm³/mol. The highest BCUT2D eigenvalue weighted by Crippen LogP contribution is 2.30. The van der Waals surface area contributed by atoms with E-state index in [4.69, 9.17) is 0 Å². The first-order valence-corrected chi connectivity index (χ1v) is 5.49. The van der Waals surface area contributed by atoms with Crippen LogP contribution in [0, 0.1) is 0 Å². The summed E-state index contributed by atoms with van der Waals surface area (Å²) >= 11 is 5.98. The van der Waals surface area contributed by atoms with Crippen LogP contribution in [0.5, 0.6) is 0 Å². The minimum Gasteiger partial charge on any atom is -0.298 e. The maximum absolute atomic E-state index is 12.5. The number of hydrogen-bond acceptors (Lipinski definition) is 2. The van der Waals surface area contributed by atoms with Crippen LogP contribution in [0.1, 0.15) is 27.9 Å². The van der Waals surface area contributed by atoms with Gasteiger partial charge in [-0.1, -0.05) is 15.9 Å². The van der Waals surface area contributed by atoms with E-state index in [0.717, 1.165) is 0 Å². The Morgan fingerprint density at radius 1 is 1.57 bits per heavy atom. The molecular formula is C8H5Br2F2NO. The summed E-state index contributed by atoms with van der Waals surface area (Å²) in [6.07, 6.45) is -0.907. The first-order chi connectivity index (χ1) is 6.61. The van der Waals surface area contributed by atoms with Crippen molar-refractivity contribution in [2.75, 3.05) is 0 Å². The lowest BCUT2D eigenvalue weighted by molar-refractivity contribution is 0.110. The van der Waals surface area contributed by atoms with E-state index in [9.17, 15) is 13.6 Å². The lowest BCUT2D eigenvalue weighted by atomic mass is 10.1. The summed E-state index contributed by atoms with van der Waals surface area (Å²) in [7, 11) is 0. The number of halogens is 4. The van der Waals surface area contributed by atoms with Gasteiger partial charge in [0.15, 0.2) is 6.29 Å². The number of hydrogen-bond donors (Lipinski definition) is 0. The summed E-state index contributed by atoms with van der Waals surface area (Å²) in [6.45, 7) is 0. The fourth-order valence-electron chi connectivity index (χ4n) is 1.01. The number of carbonyl (C=O) groups excluding carboxylic acids is 1. The molecular weight excluding hydrogens is 324 g/mol. The highest BCUT2D eigenvalue weighted by molar-refractivity contribution is 9.10. The zero-order valence-electron chi connectivity index (χ0n) is 6.81. The Kier molecular flexibility index (Phi) is 4.12. The highest BCUT2D eigenvalue weighted by Gasteiger charge is 2.20. The number of carbonyl (C=O) groups is 1. The van der Waals surface area contributed by atoms with Gasteiger partial charge < -0.3 is 0 Å². The predicted octanol–water partition coefficient (Wildman–Crippen LogP) is 3.49. The summed E-state index contributed by atoms with van der Waals surface area (Å²) in [5.74, 6) is 0. The third kappa shape index (κ3) is 2.17. The monoisotopic (exact) mass is 327 g/mol. The van der Waals surface area contributed by atoms with Crippen molar-refractivity contribution >= 4 is 38.1 Å². The molecule has 6 heteroatoms. The van der Waals surface area contributed by atoms with E-state index in [1.165, 1.54) is 6.20 Å². The van der Waals surface area contributed by atoms with Crippen molar-refractivity contribution in [2.45, 2.75) is 11.8 Å². The second-order valence-electron chi connectivity index (χ2n) is 2.45. The number of aldehydes is 1. The molecule has 1 aromatic rings. The molecule has 0 saturated heterocycles. The molecule has 1 aromatic heterocycles. The zero-order valence-corrected chi connectivity index (χ0v) is 9.98. The third-order valence-electron chi connectivity index (χ3n) is 1.67. The smallest absolute Gasteiger partial charge is 0.267 e. The molecule has 0 aliphatic heterocycles. The number of nitrogens with zero attached hydrogens (tertiary/aromatic N) is 1. The van der Waals surface area contributed by atoms with Gasteiger partial charge in [0.2, 0.25) is 0 Å². The summed E-state index contributed by atoms with van der Waals surface area (Å²) in [6, 6.07) is 0. The lowest BCUT2D eigenvalue weighted by Gasteiger charge is -2.08. The number of rotatable bonds is 3. The molecule has 0 unspecified atom stereocenters. The number of pyridine rings is 1. The molecule has 0 aliphatic carbocycles. The zero-order chi connectivity index (χ0) is 10.7. The topological polar surface area (TPSA) is 30.0 Å². The second kappa shape index (κ2) is 4.93. The Hall–Kier alpha value is -0.360. The molecule has 0 fully saturated rings. The molecule has 0 atom stereocenters. The normalized spacial score (nSPS) is 10.6. The van der Waals surface area contributed by atoms with Gasteiger partial charge in [-0.2, -0.15) is 0 Å². The number of alkyl halides is 3. The summed E-state index contributed by atoms with van der Waals surface area (Å²) in [5, 5.41) is 0.321. The van der Waals surface area contributed by atoms with Crippen molar-refractivity contribution in [1.82, 2.24) is 4.98 Å². The van der Waals surface area contributed by atoms with Crippen molar-refractivity contribution < 1.29 is 13.6 Å². The largest absolute Gasteiger partial charge is 0.298 e. The van der Waals surface area contributed by atoms with E-state index in [2.05, 4.69) is 36.8 Å². The summed E-state index contributed by atoms with van der Waals surface area (Å²) in [5.41, 5.74) is 0.106. The van der Waals surface area contributed by atoms with Crippen LogP contribution in [0.15, 0.2) is 10.8 Å². The van der Waals surface area contributed by atoms with Gasteiger partial charge in [-0.25, -0.2) is 13.8 Å². The maximum Gasteiger partial charge on any atom is 0.267 e. The van der Waals surface area contributed by atoms with Crippen LogP contribution in [0.4, 0.5) is 8.78 Å². The van der Waals surface area contributed by atoms with Crippen LogP contribution in [-0.2, 0) is 5.33 Å². The van der Waals surface area contributed by atoms with Crippen molar-refractivity contribution in [3.63, 3.8) is 0 Å². The molecule has 0 saturated carbocycles. The molecule has 0 spiro atoms. The van der Waals surface area contributed by atoms with Crippen molar-refractivity contribution in [1.29, 1.82) is 0 Å². The third-order valence-corrected chi connectivity index (χ3v) is 2.91. The Balaban J connectivity index is 3.42. The van der Waals surface area contributed by atoms with Gasteiger partial charge >= 0.3 is 0 Å². The van der Waals surface area contributed by atoms with Gasteiger partial charge in [0.1, 0.15) is 4.60 Å². The first-order valence-electron chi connectivity index (χ1n) is 3.58. The van der Waals surface area contributed by atoms with E-state index in [1.807, 2.05) is 0 Å². The number of aromatic nitrogens is 1. The van der Waals surface area contributed by atoms with Crippen molar-refractivity contribution in [3.8, 4) is 0 Å². The van der Waals surface area contributed by atoms with Gasteiger partial charge in [-0.05, 0) is 21.5 Å². The molecule has 1 heterocycles. The van der Waals surface area contributed by atoms with Crippen LogP contribution < -0.4 is 0 Å². The van der Waals surface area contributed by atoms with Crippen LogP contribution in [0.2, 0.25) is 0 Å². The second-order valence-corrected chi connectivity index (χ2v) is 3.77. The Morgan fingerprint density at radius 2 is 2.21 bits per heavy atom. The van der Waals surface area contributed by atoms with Gasteiger partial charge in [-0.3, -0.25) is 4.79 Å². The van der Waals surface area contributed by atoms with Crippen LogP contribution in [0.3, 0.4) is 0 Å². The van der Waals surface area contributed by atoms with Crippen molar-refractivity contribution in [3.05, 3.63) is 27.5 Å². The van der Waals surface area contributed by atoms with Crippen LogP contribution >= 0.6 is 31.9 Å². The molecule has 0 aliphatic rings. The summed E-state index contributed by atoms with van der Waals surface area (Å²) < 4.78 is 25.1. The molecule has 2 nitrogen and oxygen atoms in total. The molecule has 0 amide bonds. The van der Waals surface area contributed by atoms with Gasteiger partial charge in [0.05, 0.1) is 5.56 Å². The standard InChI is InChI=1S/C8H5Br2F2NO/c9-1-4-2-13-7(10)6(8(11)12)5(4)3-14/h2-3,8H,1H2. The van der Waals surface area contributed by atoms with E-state index in [0.29, 0.717) is 17.2 Å². The quantitative estimate of drug-likeness (QED) is 0.483. The Morgan fingerprint density at radius 3 is 2.64 bits per heavy atom. The fraction of sp³-hybridized carbons (Fsp3) is 0.250. The Labute approximate surface area is 96.0 Å². The maximum atomic E-state index is 12.5. The lowest BCUT2D eigenvalue weighted by Crippen LogP contribution is -2.01. The van der Waals surface area contributed by atoms with Gasteiger partial charge in [0.25, 0.3) is 6.43 Å². The molecule has 14 heavy (non-hydrogen) atoms. The van der Waals surface area contributed by atoms with E-state index < -0.39 is 6.43 Å². The first kappa shape index (κ1) is 11.7. The summed E-state index contributed by atoms with van der Waals surface area (Å²) in [4.78, 5) is 14.4. The fourth-order valence-corrected chi connectivity index (χ4v) is 1.95. The van der Waals surface area contributed by atoms with Gasteiger partial charge in [-0.15, -0.1) is 0 Å². The average Bonchev–Trinajstić information content (AvgIpc) is 2.16. The van der Waals surface area contributed by atoms with Crippen molar-refractivity contribution in [2.24, 2.45) is 0 Å². The van der Waals surface area contributed by atoms with E-state index in [-0.39, 0.29) is 15.7 Å². The average molecular weight is 329 g/mol. The highest BCUT2D eigenvalue weighted by atomic mass is 79.9. The minimum atomic E-state index is -2.71. The molecule has 0 radical (unpaired) electrons. The Bertz CT molecular complexity index is 357. The molecule has 0 bridgehead atoms.